The van der Waals surface area contributed by atoms with Crippen molar-refractivity contribution >= 4 is 0 Å². The van der Waals surface area contributed by atoms with E-state index in [0.29, 0.717) is 0 Å². The van der Waals surface area contributed by atoms with E-state index in [-0.39, 0.29) is 6.04 Å². The van der Waals surface area contributed by atoms with Crippen molar-refractivity contribution in [1.29, 1.82) is 0 Å². The topological polar surface area (TPSA) is 29.3 Å². The monoisotopic (exact) mass is 172 g/mol. The summed E-state index contributed by atoms with van der Waals surface area (Å²) >= 11 is 0. The first-order chi connectivity index (χ1) is 6.38. The molecule has 0 spiro atoms. The lowest BCUT2D eigenvalue weighted by Crippen LogP contribution is -2.30. The maximum atomic E-state index is 5.81. The minimum atomic E-state index is 0.172. The molecule has 0 aromatic heterocycles. The lowest BCUT2D eigenvalue weighted by molar-refractivity contribution is 0.334. The molecule has 0 amide bonds. The lowest BCUT2D eigenvalue weighted by atomic mass is 10.1. The van der Waals surface area contributed by atoms with E-state index in [9.17, 15) is 0 Å². The van der Waals surface area contributed by atoms with E-state index < -0.39 is 0 Å². The van der Waals surface area contributed by atoms with Gasteiger partial charge >= 0.3 is 0 Å². The zero-order valence-electron chi connectivity index (χ0n) is 7.30. The molecule has 1 atom stereocenters. The summed E-state index contributed by atoms with van der Waals surface area (Å²) in [6.45, 7) is 0. The number of rotatable bonds is 1. The van der Waals surface area contributed by atoms with Crippen molar-refractivity contribution in [3.05, 3.63) is 60.3 Å². The SMILES string of the molecule is NN1C=CC=CC1c1ccccc1. The molecule has 2 nitrogen and oxygen atoms in total. The maximum absolute atomic E-state index is 5.81. The predicted octanol–water partition coefficient (Wildman–Crippen LogP) is 1.99. The van der Waals surface area contributed by atoms with Crippen molar-refractivity contribution in [2.75, 3.05) is 0 Å². The molecule has 66 valence electrons. The summed E-state index contributed by atoms with van der Waals surface area (Å²) in [5, 5.41) is 1.70. The van der Waals surface area contributed by atoms with Crippen molar-refractivity contribution < 1.29 is 0 Å². The maximum Gasteiger partial charge on any atom is 0.0879 e. The highest BCUT2D eigenvalue weighted by Crippen LogP contribution is 2.21. The van der Waals surface area contributed by atoms with Gasteiger partial charge in [0.2, 0.25) is 0 Å². The first-order valence-electron chi connectivity index (χ1n) is 4.31. The van der Waals surface area contributed by atoms with Crippen LogP contribution in [0, 0.1) is 0 Å². The summed E-state index contributed by atoms with van der Waals surface area (Å²) in [7, 11) is 0. The molecule has 2 heteroatoms. The fraction of sp³-hybridized carbons (Fsp3) is 0.0909. The third-order valence-corrected chi connectivity index (χ3v) is 2.13. The highest BCUT2D eigenvalue weighted by atomic mass is 15.4. The normalized spacial score (nSPS) is 20.7. The van der Waals surface area contributed by atoms with E-state index in [2.05, 4.69) is 18.2 Å². The number of hydrazine groups is 1. The molecule has 0 saturated carbocycles. The number of benzene rings is 1. The van der Waals surface area contributed by atoms with Crippen molar-refractivity contribution in [2.45, 2.75) is 6.04 Å². The molecular weight excluding hydrogens is 160 g/mol. The predicted molar refractivity (Wildman–Crippen MR) is 53.5 cm³/mol. The molecule has 1 unspecified atom stereocenters. The average molecular weight is 172 g/mol. The molecule has 1 aliphatic rings. The summed E-state index contributed by atoms with van der Waals surface area (Å²) in [4.78, 5) is 0. The van der Waals surface area contributed by atoms with Crippen LogP contribution in [0.2, 0.25) is 0 Å². The van der Waals surface area contributed by atoms with Gasteiger partial charge in [0.25, 0.3) is 0 Å². The van der Waals surface area contributed by atoms with Crippen LogP contribution >= 0.6 is 0 Å². The summed E-state index contributed by atoms with van der Waals surface area (Å²) in [6, 6.07) is 10.4. The highest BCUT2D eigenvalue weighted by Gasteiger charge is 2.12. The average Bonchev–Trinajstić information content (AvgIpc) is 2.20. The molecule has 1 aliphatic heterocycles. The quantitative estimate of drug-likeness (QED) is 0.656. The first-order valence-corrected chi connectivity index (χ1v) is 4.31. The van der Waals surface area contributed by atoms with Gasteiger partial charge < -0.3 is 5.01 Å². The summed E-state index contributed by atoms with van der Waals surface area (Å²) < 4.78 is 0. The van der Waals surface area contributed by atoms with Crippen LogP contribution in [-0.2, 0) is 0 Å². The van der Waals surface area contributed by atoms with E-state index in [0.717, 1.165) is 0 Å². The Bertz CT molecular complexity index is 327. The fourth-order valence-electron chi connectivity index (χ4n) is 1.44. The minimum absolute atomic E-state index is 0.172. The fourth-order valence-corrected chi connectivity index (χ4v) is 1.44. The molecule has 0 aliphatic carbocycles. The third kappa shape index (κ3) is 1.63. The van der Waals surface area contributed by atoms with Crippen LogP contribution in [0.5, 0.6) is 0 Å². The van der Waals surface area contributed by atoms with E-state index >= 15 is 0 Å². The van der Waals surface area contributed by atoms with Crippen LogP contribution in [0.4, 0.5) is 0 Å². The van der Waals surface area contributed by atoms with E-state index in [4.69, 9.17) is 5.84 Å². The molecular formula is C11H12N2. The Kier molecular flexibility index (Phi) is 2.15. The number of hydrogen-bond acceptors (Lipinski definition) is 2. The molecule has 2 N–H and O–H groups in total. The highest BCUT2D eigenvalue weighted by molar-refractivity contribution is 5.26. The van der Waals surface area contributed by atoms with Gasteiger partial charge in [0, 0.05) is 6.20 Å². The zero-order chi connectivity index (χ0) is 9.10. The van der Waals surface area contributed by atoms with Gasteiger partial charge in [-0.25, -0.2) is 5.84 Å². The molecule has 0 fully saturated rings. The van der Waals surface area contributed by atoms with Gasteiger partial charge in [0.1, 0.15) is 0 Å². The number of hydrogen-bond donors (Lipinski definition) is 1. The molecule has 1 heterocycles. The van der Waals surface area contributed by atoms with Gasteiger partial charge in [0.15, 0.2) is 0 Å². The van der Waals surface area contributed by atoms with Gasteiger partial charge in [-0.2, -0.15) is 0 Å². The minimum Gasteiger partial charge on any atom is -0.307 e. The summed E-state index contributed by atoms with van der Waals surface area (Å²) in [5.74, 6) is 5.81. The molecule has 1 aromatic carbocycles. The van der Waals surface area contributed by atoms with Gasteiger partial charge in [-0.05, 0) is 11.6 Å². The largest absolute Gasteiger partial charge is 0.307 e. The van der Waals surface area contributed by atoms with Crippen LogP contribution < -0.4 is 5.84 Å². The second-order valence-electron chi connectivity index (χ2n) is 3.03. The van der Waals surface area contributed by atoms with Crippen molar-refractivity contribution in [3.63, 3.8) is 0 Å². The van der Waals surface area contributed by atoms with Crippen LogP contribution in [0.15, 0.2) is 54.8 Å². The zero-order valence-corrected chi connectivity index (χ0v) is 7.30. The van der Waals surface area contributed by atoms with Gasteiger partial charge in [-0.15, -0.1) is 0 Å². The lowest BCUT2D eigenvalue weighted by Gasteiger charge is -2.25. The Balaban J connectivity index is 2.27. The Hall–Kier alpha value is -1.54. The second kappa shape index (κ2) is 3.46. The molecule has 0 saturated heterocycles. The van der Waals surface area contributed by atoms with Crippen molar-refractivity contribution in [1.82, 2.24) is 5.01 Å². The van der Waals surface area contributed by atoms with Crippen molar-refractivity contribution in [3.8, 4) is 0 Å². The van der Waals surface area contributed by atoms with Gasteiger partial charge in [-0.3, -0.25) is 0 Å². The van der Waals surface area contributed by atoms with Crippen LogP contribution in [0.25, 0.3) is 0 Å². The second-order valence-corrected chi connectivity index (χ2v) is 3.03. The van der Waals surface area contributed by atoms with Crippen LogP contribution in [-0.4, -0.2) is 5.01 Å². The molecule has 0 radical (unpaired) electrons. The van der Waals surface area contributed by atoms with Crippen LogP contribution in [0.3, 0.4) is 0 Å². The smallest absolute Gasteiger partial charge is 0.0879 e. The van der Waals surface area contributed by atoms with Crippen molar-refractivity contribution in [2.24, 2.45) is 5.84 Å². The molecule has 0 bridgehead atoms. The first kappa shape index (κ1) is 8.08. The number of nitrogens with zero attached hydrogens (tertiary/aromatic N) is 1. The van der Waals surface area contributed by atoms with E-state index in [1.807, 2.05) is 36.6 Å². The number of nitrogens with two attached hydrogens (primary N) is 1. The Morgan fingerprint density at radius 2 is 1.85 bits per heavy atom. The summed E-state index contributed by atoms with van der Waals surface area (Å²) in [6.07, 6.45) is 7.90. The van der Waals surface area contributed by atoms with E-state index in [1.54, 1.807) is 5.01 Å². The molecule has 1 aromatic rings. The Morgan fingerprint density at radius 3 is 2.54 bits per heavy atom. The number of allylic oxidation sites excluding steroid dienone is 2. The standard InChI is InChI=1S/C11H12N2/c12-13-9-5-4-8-11(13)10-6-2-1-3-7-10/h1-9,11H,12H2. The Labute approximate surface area is 77.9 Å². The summed E-state index contributed by atoms with van der Waals surface area (Å²) in [5.41, 5.74) is 1.21. The Morgan fingerprint density at radius 1 is 1.08 bits per heavy atom. The third-order valence-electron chi connectivity index (χ3n) is 2.13. The van der Waals surface area contributed by atoms with Gasteiger partial charge in [-0.1, -0.05) is 42.5 Å². The van der Waals surface area contributed by atoms with E-state index in [1.165, 1.54) is 5.56 Å². The van der Waals surface area contributed by atoms with Gasteiger partial charge in [0.05, 0.1) is 6.04 Å². The molecule has 2 rings (SSSR count). The molecule has 13 heavy (non-hydrogen) atoms. The van der Waals surface area contributed by atoms with Crippen LogP contribution in [0.1, 0.15) is 11.6 Å².